The fourth-order valence-corrected chi connectivity index (χ4v) is 10.6. The van der Waals surface area contributed by atoms with Gasteiger partial charge in [-0.15, -0.1) is 11.3 Å². The Morgan fingerprint density at radius 1 is 0.218 bits per heavy atom. The van der Waals surface area contributed by atoms with Gasteiger partial charge in [0.25, 0.3) is 0 Å². The van der Waals surface area contributed by atoms with E-state index < -0.39 is 0 Å². The van der Waals surface area contributed by atoms with E-state index in [4.69, 9.17) is 0 Å². The number of hydrogen-bond donors (Lipinski definition) is 0. The summed E-state index contributed by atoms with van der Waals surface area (Å²) in [5, 5.41) is 10.4. The molecule has 10 aromatic carbocycles. The molecule has 1 aliphatic carbocycles. The highest BCUT2D eigenvalue weighted by molar-refractivity contribution is 7.26. The minimum Gasteiger partial charge on any atom is -0.135 e. The fourth-order valence-electron chi connectivity index (χ4n) is 9.32. The standard InChI is InChI=1S/C54H32S/c1-2-13-38-37(12-1)39-14-3-4-16-41(39)45-27-24-33(30-50(45)44-19-8-7-15-40(38)44)34-25-28-46-42-17-5-6-18-43(42)47-29-26-35(32-52(47)51(46)31-34)36-21-11-22-49-48-20-9-10-23-53(48)55-54(36)49/h1-32H. The molecule has 1 aromatic heterocycles. The minimum atomic E-state index is 1.22. The van der Waals surface area contributed by atoms with Crippen LogP contribution >= 0.6 is 11.3 Å². The number of rotatable bonds is 2. The van der Waals surface area contributed by atoms with Crippen molar-refractivity contribution in [1.29, 1.82) is 0 Å². The predicted molar refractivity (Wildman–Crippen MR) is 238 cm³/mol. The van der Waals surface area contributed by atoms with Gasteiger partial charge in [-0.05, 0) is 123 Å². The largest absolute Gasteiger partial charge is 0.135 e. The van der Waals surface area contributed by atoms with Crippen molar-refractivity contribution in [2.24, 2.45) is 0 Å². The lowest BCUT2D eigenvalue weighted by Crippen LogP contribution is -1.97. The molecule has 0 radical (unpaired) electrons. The van der Waals surface area contributed by atoms with Gasteiger partial charge in [0.1, 0.15) is 0 Å². The van der Waals surface area contributed by atoms with Gasteiger partial charge < -0.3 is 0 Å². The van der Waals surface area contributed by atoms with Crippen molar-refractivity contribution in [3.63, 3.8) is 0 Å². The molecular formula is C54H32S. The maximum Gasteiger partial charge on any atom is 0.0433 e. The first-order chi connectivity index (χ1) is 27.3. The average molecular weight is 713 g/mol. The second kappa shape index (κ2) is 11.9. The number of fused-ring (bicyclic) bond motifs is 17. The molecule has 11 aromatic rings. The number of thiophene rings is 1. The van der Waals surface area contributed by atoms with Crippen LogP contribution in [-0.2, 0) is 0 Å². The average Bonchev–Trinajstić information content (AvgIpc) is 3.65. The van der Waals surface area contributed by atoms with Gasteiger partial charge in [0.15, 0.2) is 0 Å². The molecular weight excluding hydrogens is 681 g/mol. The zero-order valence-corrected chi connectivity index (χ0v) is 30.7. The molecule has 0 bridgehead atoms. The van der Waals surface area contributed by atoms with E-state index in [2.05, 4.69) is 194 Å². The Morgan fingerprint density at radius 3 is 1.24 bits per heavy atom. The summed E-state index contributed by atoms with van der Waals surface area (Å²) < 4.78 is 2.68. The van der Waals surface area contributed by atoms with E-state index in [1.807, 2.05) is 11.3 Å². The predicted octanol–water partition coefficient (Wildman–Crippen LogP) is 15.8. The van der Waals surface area contributed by atoms with Crippen molar-refractivity contribution in [1.82, 2.24) is 0 Å². The van der Waals surface area contributed by atoms with Crippen LogP contribution in [0.5, 0.6) is 0 Å². The maximum atomic E-state index is 2.44. The second-order valence-electron chi connectivity index (χ2n) is 14.7. The Kier molecular flexibility index (Phi) is 6.60. The normalized spacial score (nSPS) is 12.0. The zero-order chi connectivity index (χ0) is 36.0. The van der Waals surface area contributed by atoms with Crippen LogP contribution in [0.3, 0.4) is 0 Å². The molecule has 0 N–H and O–H groups in total. The van der Waals surface area contributed by atoms with Crippen LogP contribution in [-0.4, -0.2) is 0 Å². The Morgan fingerprint density at radius 2 is 0.618 bits per heavy atom. The summed E-state index contributed by atoms with van der Waals surface area (Å²) in [6.45, 7) is 0. The molecule has 0 fully saturated rings. The van der Waals surface area contributed by atoms with Crippen molar-refractivity contribution in [3.05, 3.63) is 194 Å². The van der Waals surface area contributed by atoms with Crippen LogP contribution in [0.15, 0.2) is 194 Å². The number of hydrogen-bond acceptors (Lipinski definition) is 1. The fraction of sp³-hybridized carbons (Fsp3) is 0. The van der Waals surface area contributed by atoms with E-state index >= 15 is 0 Å². The van der Waals surface area contributed by atoms with E-state index in [9.17, 15) is 0 Å². The molecule has 0 nitrogen and oxygen atoms in total. The van der Waals surface area contributed by atoms with Gasteiger partial charge in [-0.3, -0.25) is 0 Å². The SMILES string of the molecule is c1ccc2c(c1)-c1ccccc1-c1ccc(-c3ccc4c5ccccc5c5ccc(-c6cccc7c6sc6ccccc67)cc5c4c3)cc1-c1ccccc1-2. The zero-order valence-electron chi connectivity index (χ0n) is 29.9. The molecule has 1 heterocycles. The first-order valence-corrected chi connectivity index (χ1v) is 19.8. The number of benzene rings is 10. The highest BCUT2D eigenvalue weighted by Gasteiger charge is 2.22. The van der Waals surface area contributed by atoms with Gasteiger partial charge in [-0.25, -0.2) is 0 Å². The van der Waals surface area contributed by atoms with Crippen LogP contribution in [0.25, 0.3) is 119 Å². The smallest absolute Gasteiger partial charge is 0.0433 e. The third-order valence-corrected chi connectivity index (χ3v) is 13.1. The molecule has 12 rings (SSSR count). The summed E-state index contributed by atoms with van der Waals surface area (Å²) in [6, 6.07) is 72.4. The van der Waals surface area contributed by atoms with Crippen LogP contribution in [0.1, 0.15) is 0 Å². The molecule has 0 saturated carbocycles. The van der Waals surface area contributed by atoms with Gasteiger partial charge in [0.2, 0.25) is 0 Å². The van der Waals surface area contributed by atoms with E-state index in [0.29, 0.717) is 0 Å². The van der Waals surface area contributed by atoms with Gasteiger partial charge in [0.05, 0.1) is 0 Å². The summed E-state index contributed by atoms with van der Waals surface area (Å²) in [6.07, 6.45) is 0. The molecule has 254 valence electrons. The van der Waals surface area contributed by atoms with Gasteiger partial charge in [0, 0.05) is 20.2 Å². The second-order valence-corrected chi connectivity index (χ2v) is 15.8. The first-order valence-electron chi connectivity index (χ1n) is 19.0. The molecule has 0 saturated heterocycles. The lowest BCUT2D eigenvalue weighted by Gasteiger charge is -2.23. The van der Waals surface area contributed by atoms with Gasteiger partial charge in [-0.1, -0.05) is 170 Å². The first kappa shape index (κ1) is 30.6. The molecule has 55 heavy (non-hydrogen) atoms. The lowest BCUT2D eigenvalue weighted by molar-refractivity contribution is 1.52. The highest BCUT2D eigenvalue weighted by atomic mass is 32.1. The Hall–Kier alpha value is -6.80. The third kappa shape index (κ3) is 4.57. The van der Waals surface area contributed by atoms with E-state index in [1.54, 1.807) is 0 Å². The maximum absolute atomic E-state index is 2.44. The van der Waals surface area contributed by atoms with Crippen LogP contribution in [0, 0.1) is 0 Å². The minimum absolute atomic E-state index is 1.22. The molecule has 0 spiro atoms. The Balaban J connectivity index is 1.10. The molecule has 0 atom stereocenters. The molecule has 0 amide bonds. The van der Waals surface area contributed by atoms with Crippen molar-refractivity contribution in [2.45, 2.75) is 0 Å². The van der Waals surface area contributed by atoms with E-state index in [1.165, 1.54) is 119 Å². The molecule has 0 aliphatic heterocycles. The van der Waals surface area contributed by atoms with Crippen molar-refractivity contribution in [2.75, 3.05) is 0 Å². The Labute approximate surface area is 323 Å². The molecule has 0 unspecified atom stereocenters. The van der Waals surface area contributed by atoms with Gasteiger partial charge in [-0.2, -0.15) is 0 Å². The van der Waals surface area contributed by atoms with Gasteiger partial charge >= 0.3 is 0 Å². The van der Waals surface area contributed by atoms with Crippen LogP contribution in [0.2, 0.25) is 0 Å². The van der Waals surface area contributed by atoms with Crippen LogP contribution in [0.4, 0.5) is 0 Å². The van der Waals surface area contributed by atoms with Crippen molar-refractivity contribution in [3.8, 4) is 66.8 Å². The Bertz CT molecular complexity index is 3370. The quantitative estimate of drug-likeness (QED) is 0.157. The third-order valence-electron chi connectivity index (χ3n) is 11.8. The highest BCUT2D eigenvalue weighted by Crippen LogP contribution is 2.49. The molecule has 1 aliphatic rings. The van der Waals surface area contributed by atoms with Crippen molar-refractivity contribution < 1.29 is 0 Å². The monoisotopic (exact) mass is 712 g/mol. The summed E-state index contributed by atoms with van der Waals surface area (Å²) >= 11 is 1.90. The molecule has 1 heteroatoms. The topological polar surface area (TPSA) is 0 Å². The summed E-state index contributed by atoms with van der Waals surface area (Å²) in [7, 11) is 0. The van der Waals surface area contributed by atoms with Crippen LogP contribution < -0.4 is 0 Å². The lowest BCUT2D eigenvalue weighted by atomic mass is 9.80. The summed E-state index contributed by atoms with van der Waals surface area (Å²) in [5.41, 5.74) is 15.1. The summed E-state index contributed by atoms with van der Waals surface area (Å²) in [4.78, 5) is 0. The van der Waals surface area contributed by atoms with Crippen molar-refractivity contribution >= 4 is 63.8 Å². The van der Waals surface area contributed by atoms with E-state index in [0.717, 1.165) is 0 Å². The summed E-state index contributed by atoms with van der Waals surface area (Å²) in [5.74, 6) is 0. The van der Waals surface area contributed by atoms with E-state index in [-0.39, 0.29) is 0 Å².